The quantitative estimate of drug-likeness (QED) is 0.612. The topological polar surface area (TPSA) is 52.3 Å². The second-order valence-corrected chi connectivity index (χ2v) is 1.66. The van der Waals surface area contributed by atoms with E-state index in [0.29, 0.717) is 6.61 Å². The van der Waals surface area contributed by atoms with Gasteiger partial charge in [0, 0.05) is 0 Å². The van der Waals surface area contributed by atoms with Gasteiger partial charge in [0.25, 0.3) is 0 Å². The standard InChI is InChI=1S/C3H7NO2.CH2Cl2/c1-2-6-3(4)5;2-1-3/h2H2,1H3,(H2,4,5);1H2. The van der Waals surface area contributed by atoms with Crippen molar-refractivity contribution in [3.63, 3.8) is 0 Å². The van der Waals surface area contributed by atoms with Gasteiger partial charge in [-0.1, -0.05) is 0 Å². The molecule has 0 unspecified atom stereocenters. The molecule has 0 aromatic heterocycles. The molecule has 0 aliphatic heterocycles. The molecular weight excluding hydrogens is 165 g/mol. The van der Waals surface area contributed by atoms with Gasteiger partial charge in [0.05, 0.1) is 11.9 Å². The summed E-state index contributed by atoms with van der Waals surface area (Å²) in [6.45, 7) is 2.06. The minimum Gasteiger partial charge on any atom is -0.450 e. The minimum absolute atomic E-state index is 0.194. The van der Waals surface area contributed by atoms with Crippen molar-refractivity contribution in [1.82, 2.24) is 0 Å². The predicted octanol–water partition coefficient (Wildman–Crippen LogP) is 1.52. The average Bonchev–Trinajstić information content (AvgIpc) is 1.67. The number of hydrogen-bond acceptors (Lipinski definition) is 2. The van der Waals surface area contributed by atoms with Crippen molar-refractivity contribution in [3.8, 4) is 0 Å². The van der Waals surface area contributed by atoms with Crippen molar-refractivity contribution in [2.75, 3.05) is 11.9 Å². The van der Waals surface area contributed by atoms with E-state index in [0.717, 1.165) is 0 Å². The van der Waals surface area contributed by atoms with Crippen LogP contribution in [0.3, 0.4) is 0 Å². The number of hydrogen-bond donors (Lipinski definition) is 1. The lowest BCUT2D eigenvalue weighted by molar-refractivity contribution is 0.163. The van der Waals surface area contributed by atoms with Gasteiger partial charge in [0.1, 0.15) is 0 Å². The Bertz CT molecular complexity index is 69.6. The van der Waals surface area contributed by atoms with E-state index < -0.39 is 6.09 Å². The van der Waals surface area contributed by atoms with Crippen LogP contribution in [0.15, 0.2) is 0 Å². The maximum absolute atomic E-state index is 9.60. The molecule has 0 aliphatic rings. The van der Waals surface area contributed by atoms with Crippen LogP contribution in [0.5, 0.6) is 0 Å². The summed E-state index contributed by atoms with van der Waals surface area (Å²) in [5, 5.41) is 0.194. The summed E-state index contributed by atoms with van der Waals surface area (Å²) >= 11 is 9.53. The number of primary amides is 1. The van der Waals surface area contributed by atoms with Gasteiger partial charge in [-0.15, -0.1) is 23.2 Å². The van der Waals surface area contributed by atoms with E-state index in [1.165, 1.54) is 0 Å². The summed E-state index contributed by atoms with van der Waals surface area (Å²) in [4.78, 5) is 9.60. The van der Waals surface area contributed by atoms with Gasteiger partial charge in [0.15, 0.2) is 0 Å². The van der Waals surface area contributed by atoms with Crippen LogP contribution in [-0.2, 0) is 4.74 Å². The van der Waals surface area contributed by atoms with E-state index in [1.807, 2.05) is 0 Å². The molecular formula is C4H9Cl2NO2. The third-order valence-electron chi connectivity index (χ3n) is 0.287. The number of ether oxygens (including phenoxy) is 1. The van der Waals surface area contributed by atoms with Crippen molar-refractivity contribution in [2.45, 2.75) is 6.92 Å². The fourth-order valence-corrected chi connectivity index (χ4v) is 0.142. The molecule has 2 N–H and O–H groups in total. The smallest absolute Gasteiger partial charge is 0.404 e. The molecule has 9 heavy (non-hydrogen) atoms. The molecule has 0 heterocycles. The average molecular weight is 174 g/mol. The van der Waals surface area contributed by atoms with Crippen LogP contribution in [-0.4, -0.2) is 18.0 Å². The van der Waals surface area contributed by atoms with Crippen LogP contribution in [0.4, 0.5) is 4.79 Å². The van der Waals surface area contributed by atoms with Crippen molar-refractivity contribution >= 4 is 29.3 Å². The summed E-state index contributed by atoms with van der Waals surface area (Å²) in [5.74, 6) is 0. The molecule has 5 heteroatoms. The van der Waals surface area contributed by atoms with E-state index in [-0.39, 0.29) is 5.34 Å². The van der Waals surface area contributed by atoms with Gasteiger partial charge < -0.3 is 10.5 Å². The molecule has 0 radical (unpaired) electrons. The summed E-state index contributed by atoms with van der Waals surface area (Å²) in [7, 11) is 0. The number of nitrogens with two attached hydrogens (primary N) is 1. The van der Waals surface area contributed by atoms with E-state index in [4.69, 9.17) is 23.2 Å². The number of carbonyl (C=O) groups excluding carboxylic acids is 1. The normalized spacial score (nSPS) is 7.00. The Hall–Kier alpha value is -0.150. The molecule has 0 rings (SSSR count). The van der Waals surface area contributed by atoms with Crippen LogP contribution in [0, 0.1) is 0 Å². The largest absolute Gasteiger partial charge is 0.450 e. The lowest BCUT2D eigenvalue weighted by atomic mass is 10.9. The highest BCUT2D eigenvalue weighted by molar-refractivity contribution is 6.40. The molecule has 0 aromatic rings. The number of carbonyl (C=O) groups is 1. The Kier molecular flexibility index (Phi) is 13.9. The van der Waals surface area contributed by atoms with Crippen LogP contribution >= 0.6 is 23.2 Å². The molecule has 0 aliphatic carbocycles. The Balaban J connectivity index is 0. The zero-order valence-electron chi connectivity index (χ0n) is 5.06. The SMILES string of the molecule is CCOC(N)=O.ClCCl. The first-order valence-electron chi connectivity index (χ1n) is 2.23. The Morgan fingerprint density at radius 3 is 2.00 bits per heavy atom. The summed E-state index contributed by atoms with van der Waals surface area (Å²) in [6, 6.07) is 0. The fraction of sp³-hybridized carbons (Fsp3) is 0.750. The molecule has 1 amide bonds. The predicted molar refractivity (Wildman–Crippen MR) is 37.8 cm³/mol. The van der Waals surface area contributed by atoms with E-state index in [2.05, 4.69) is 10.5 Å². The van der Waals surface area contributed by atoms with Crippen molar-refractivity contribution in [3.05, 3.63) is 0 Å². The minimum atomic E-state index is -0.711. The second kappa shape index (κ2) is 10.8. The first-order chi connectivity index (χ1) is 4.18. The molecule has 0 atom stereocenters. The van der Waals surface area contributed by atoms with Crippen molar-refractivity contribution in [1.29, 1.82) is 0 Å². The summed E-state index contributed by atoms with van der Waals surface area (Å²) in [6.07, 6.45) is -0.711. The van der Waals surface area contributed by atoms with Gasteiger partial charge in [-0.3, -0.25) is 0 Å². The van der Waals surface area contributed by atoms with Crippen LogP contribution < -0.4 is 5.73 Å². The Morgan fingerprint density at radius 1 is 1.67 bits per heavy atom. The highest BCUT2D eigenvalue weighted by Crippen LogP contribution is 1.73. The fourth-order valence-electron chi connectivity index (χ4n) is 0.142. The Morgan fingerprint density at radius 2 is 2.00 bits per heavy atom. The first kappa shape index (κ1) is 11.6. The summed E-state index contributed by atoms with van der Waals surface area (Å²) in [5.41, 5.74) is 4.54. The zero-order valence-corrected chi connectivity index (χ0v) is 6.58. The maximum Gasteiger partial charge on any atom is 0.404 e. The molecule has 0 saturated carbocycles. The van der Waals surface area contributed by atoms with Crippen LogP contribution in [0.1, 0.15) is 6.92 Å². The number of rotatable bonds is 1. The highest BCUT2D eigenvalue weighted by Gasteiger charge is 1.82. The monoisotopic (exact) mass is 173 g/mol. The molecule has 0 fully saturated rings. The van der Waals surface area contributed by atoms with Gasteiger partial charge in [0.2, 0.25) is 0 Å². The van der Waals surface area contributed by atoms with Crippen molar-refractivity contribution in [2.24, 2.45) is 5.73 Å². The zero-order chi connectivity index (χ0) is 7.70. The first-order valence-corrected chi connectivity index (χ1v) is 3.30. The van der Waals surface area contributed by atoms with Gasteiger partial charge >= 0.3 is 6.09 Å². The van der Waals surface area contributed by atoms with Gasteiger partial charge in [-0.25, -0.2) is 4.79 Å². The second-order valence-electron chi connectivity index (χ2n) is 0.853. The summed E-state index contributed by atoms with van der Waals surface area (Å²) < 4.78 is 4.18. The third kappa shape index (κ3) is 33.1. The van der Waals surface area contributed by atoms with Crippen LogP contribution in [0.2, 0.25) is 0 Å². The molecule has 0 aromatic carbocycles. The molecule has 0 spiro atoms. The molecule has 56 valence electrons. The number of amides is 1. The van der Waals surface area contributed by atoms with E-state index in [1.54, 1.807) is 6.92 Å². The third-order valence-corrected chi connectivity index (χ3v) is 0.287. The number of alkyl halides is 2. The molecule has 0 saturated heterocycles. The lowest BCUT2D eigenvalue weighted by Gasteiger charge is -1.89. The van der Waals surface area contributed by atoms with Crippen LogP contribution in [0.25, 0.3) is 0 Å². The van der Waals surface area contributed by atoms with Gasteiger partial charge in [-0.2, -0.15) is 0 Å². The van der Waals surface area contributed by atoms with E-state index >= 15 is 0 Å². The van der Waals surface area contributed by atoms with Gasteiger partial charge in [-0.05, 0) is 6.92 Å². The number of halogens is 2. The van der Waals surface area contributed by atoms with E-state index in [9.17, 15) is 4.79 Å². The Labute approximate surface area is 64.1 Å². The molecule has 3 nitrogen and oxygen atoms in total. The highest BCUT2D eigenvalue weighted by atomic mass is 35.5. The lowest BCUT2D eigenvalue weighted by Crippen LogP contribution is -2.11. The van der Waals surface area contributed by atoms with Crippen molar-refractivity contribution < 1.29 is 9.53 Å². The molecule has 0 bridgehead atoms. The maximum atomic E-state index is 9.60.